The minimum absolute atomic E-state index is 0.274. The second-order valence-electron chi connectivity index (χ2n) is 4.06. The summed E-state index contributed by atoms with van der Waals surface area (Å²) in [4.78, 5) is 7.00. The number of hydrogen-bond acceptors (Lipinski definition) is 4. The van der Waals surface area contributed by atoms with E-state index in [0.29, 0.717) is 0 Å². The lowest BCUT2D eigenvalue weighted by Crippen LogP contribution is -2.43. The van der Waals surface area contributed by atoms with Crippen LogP contribution in [0.1, 0.15) is 0 Å². The Hall–Kier alpha value is -0.650. The molecule has 1 aliphatic rings. The van der Waals surface area contributed by atoms with E-state index in [0.717, 1.165) is 35.7 Å². The van der Waals surface area contributed by atoms with Crippen LogP contribution in [0.5, 0.6) is 0 Å². The van der Waals surface area contributed by atoms with Gasteiger partial charge in [0, 0.05) is 18.4 Å². The Balaban J connectivity index is 1.87. The number of halogens is 1. The summed E-state index contributed by atoms with van der Waals surface area (Å²) in [7, 11) is 0. The zero-order valence-electron chi connectivity index (χ0n) is 9.30. The van der Waals surface area contributed by atoms with Gasteiger partial charge in [0.05, 0.1) is 22.9 Å². The van der Waals surface area contributed by atoms with Crippen molar-refractivity contribution in [3.8, 4) is 0 Å². The number of aromatic nitrogens is 1. The Labute approximate surface area is 113 Å². The zero-order chi connectivity index (χ0) is 11.7. The maximum absolute atomic E-state index is 5.64. The van der Waals surface area contributed by atoms with Gasteiger partial charge in [0.15, 0.2) is 5.13 Å². The molecule has 1 fully saturated rings. The molecule has 2 aromatic rings. The summed E-state index contributed by atoms with van der Waals surface area (Å²) in [6.07, 6.45) is 0.274. The SMILES string of the molecule is BrCC1CN(c2nc3ccccc3s2)CCO1. The Morgan fingerprint density at radius 3 is 3.18 bits per heavy atom. The van der Waals surface area contributed by atoms with Crippen molar-refractivity contribution in [2.45, 2.75) is 6.10 Å². The highest BCUT2D eigenvalue weighted by Crippen LogP contribution is 2.29. The number of thiazole rings is 1. The molecule has 0 N–H and O–H groups in total. The van der Waals surface area contributed by atoms with Crippen LogP contribution < -0.4 is 4.90 Å². The molecular formula is C12H13BrN2OS. The Morgan fingerprint density at radius 1 is 1.47 bits per heavy atom. The van der Waals surface area contributed by atoms with E-state index in [-0.39, 0.29) is 6.10 Å². The summed E-state index contributed by atoms with van der Waals surface area (Å²) in [5, 5.41) is 1.99. The summed E-state index contributed by atoms with van der Waals surface area (Å²) >= 11 is 5.24. The van der Waals surface area contributed by atoms with Gasteiger partial charge in [-0.25, -0.2) is 4.98 Å². The predicted octanol–water partition coefficient (Wildman–Crippen LogP) is 2.90. The summed E-state index contributed by atoms with van der Waals surface area (Å²) in [6.45, 7) is 2.64. The predicted molar refractivity (Wildman–Crippen MR) is 75.4 cm³/mol. The number of para-hydroxylation sites is 1. The molecule has 1 aliphatic heterocycles. The van der Waals surface area contributed by atoms with E-state index in [4.69, 9.17) is 4.74 Å². The lowest BCUT2D eigenvalue weighted by Gasteiger charge is -2.31. The van der Waals surface area contributed by atoms with Crippen molar-refractivity contribution >= 4 is 42.6 Å². The van der Waals surface area contributed by atoms with E-state index in [1.54, 1.807) is 11.3 Å². The molecule has 0 amide bonds. The standard InChI is InChI=1S/C12H13BrN2OS/c13-7-9-8-15(5-6-16-9)12-14-10-3-1-2-4-11(10)17-12/h1-4,9H,5-8H2. The van der Waals surface area contributed by atoms with E-state index in [9.17, 15) is 0 Å². The lowest BCUT2D eigenvalue weighted by atomic mass is 10.3. The molecule has 0 saturated carbocycles. The number of ether oxygens (including phenoxy) is 1. The molecule has 1 aromatic carbocycles. The smallest absolute Gasteiger partial charge is 0.186 e. The fourth-order valence-corrected chi connectivity index (χ4v) is 3.37. The van der Waals surface area contributed by atoms with Crippen LogP contribution in [0.4, 0.5) is 5.13 Å². The van der Waals surface area contributed by atoms with Crippen molar-refractivity contribution in [3.05, 3.63) is 24.3 Å². The van der Waals surface area contributed by atoms with E-state index in [1.807, 2.05) is 6.07 Å². The van der Waals surface area contributed by atoms with E-state index in [1.165, 1.54) is 4.70 Å². The number of fused-ring (bicyclic) bond motifs is 1. The number of morpholine rings is 1. The third-order valence-electron chi connectivity index (χ3n) is 2.86. The molecule has 90 valence electrons. The first kappa shape index (κ1) is 11.4. The van der Waals surface area contributed by atoms with Crippen molar-refractivity contribution in [1.82, 2.24) is 4.98 Å². The van der Waals surface area contributed by atoms with Crippen molar-refractivity contribution in [3.63, 3.8) is 0 Å². The third-order valence-corrected chi connectivity index (χ3v) is 4.68. The summed E-state index contributed by atoms with van der Waals surface area (Å²) in [5.41, 5.74) is 1.09. The van der Waals surface area contributed by atoms with Gasteiger partial charge >= 0.3 is 0 Å². The molecular weight excluding hydrogens is 300 g/mol. The molecule has 0 radical (unpaired) electrons. The van der Waals surface area contributed by atoms with E-state index in [2.05, 4.69) is 44.0 Å². The highest BCUT2D eigenvalue weighted by Gasteiger charge is 2.21. The van der Waals surface area contributed by atoms with E-state index >= 15 is 0 Å². The Kier molecular flexibility index (Phi) is 3.31. The van der Waals surface area contributed by atoms with Gasteiger partial charge < -0.3 is 9.64 Å². The van der Waals surface area contributed by atoms with Gasteiger partial charge in [-0.15, -0.1) is 0 Å². The number of anilines is 1. The molecule has 1 unspecified atom stereocenters. The van der Waals surface area contributed by atoms with Crippen molar-refractivity contribution in [2.75, 3.05) is 29.9 Å². The molecule has 1 aromatic heterocycles. The number of rotatable bonds is 2. The molecule has 0 spiro atoms. The first-order valence-electron chi connectivity index (χ1n) is 5.65. The van der Waals surface area contributed by atoms with Crippen LogP contribution in [0.3, 0.4) is 0 Å². The van der Waals surface area contributed by atoms with Crippen LogP contribution >= 0.6 is 27.3 Å². The van der Waals surface area contributed by atoms with Crippen molar-refractivity contribution < 1.29 is 4.74 Å². The highest BCUT2D eigenvalue weighted by molar-refractivity contribution is 9.09. The average Bonchev–Trinajstić information content (AvgIpc) is 2.82. The van der Waals surface area contributed by atoms with Gasteiger partial charge in [-0.05, 0) is 12.1 Å². The molecule has 17 heavy (non-hydrogen) atoms. The molecule has 3 rings (SSSR count). The fourth-order valence-electron chi connectivity index (χ4n) is 1.98. The van der Waals surface area contributed by atoms with Crippen LogP contribution in [-0.4, -0.2) is 36.1 Å². The number of hydrogen-bond donors (Lipinski definition) is 0. The highest BCUT2D eigenvalue weighted by atomic mass is 79.9. The third kappa shape index (κ3) is 2.32. The van der Waals surface area contributed by atoms with Crippen LogP contribution in [0.15, 0.2) is 24.3 Å². The number of nitrogens with zero attached hydrogens (tertiary/aromatic N) is 2. The van der Waals surface area contributed by atoms with E-state index < -0.39 is 0 Å². The zero-order valence-corrected chi connectivity index (χ0v) is 11.7. The molecule has 5 heteroatoms. The van der Waals surface area contributed by atoms with Gasteiger partial charge in [0.25, 0.3) is 0 Å². The quantitative estimate of drug-likeness (QED) is 0.797. The normalized spacial score (nSPS) is 21.0. The molecule has 2 heterocycles. The van der Waals surface area contributed by atoms with Crippen LogP contribution in [0.25, 0.3) is 10.2 Å². The van der Waals surface area contributed by atoms with Gasteiger partial charge in [-0.3, -0.25) is 0 Å². The second-order valence-corrected chi connectivity index (χ2v) is 5.71. The minimum Gasteiger partial charge on any atom is -0.374 e. The van der Waals surface area contributed by atoms with Gasteiger partial charge in [0.2, 0.25) is 0 Å². The summed E-state index contributed by atoms with van der Waals surface area (Å²) in [6, 6.07) is 8.29. The van der Waals surface area contributed by atoms with Crippen LogP contribution in [-0.2, 0) is 4.74 Å². The first-order chi connectivity index (χ1) is 8.36. The minimum atomic E-state index is 0.274. The van der Waals surface area contributed by atoms with Gasteiger partial charge in [0.1, 0.15) is 0 Å². The molecule has 1 saturated heterocycles. The first-order valence-corrected chi connectivity index (χ1v) is 7.58. The molecule has 1 atom stereocenters. The summed E-state index contributed by atoms with van der Waals surface area (Å²) < 4.78 is 6.90. The van der Waals surface area contributed by atoms with Crippen molar-refractivity contribution in [1.29, 1.82) is 0 Å². The van der Waals surface area contributed by atoms with Gasteiger partial charge in [-0.1, -0.05) is 39.4 Å². The van der Waals surface area contributed by atoms with Gasteiger partial charge in [-0.2, -0.15) is 0 Å². The van der Waals surface area contributed by atoms with Crippen LogP contribution in [0.2, 0.25) is 0 Å². The topological polar surface area (TPSA) is 25.4 Å². The Morgan fingerprint density at radius 2 is 2.35 bits per heavy atom. The fraction of sp³-hybridized carbons (Fsp3) is 0.417. The second kappa shape index (κ2) is 4.92. The summed E-state index contributed by atoms with van der Waals surface area (Å²) in [5.74, 6) is 0. The maximum atomic E-state index is 5.64. The number of alkyl halides is 1. The Bertz CT molecular complexity index is 483. The molecule has 0 aliphatic carbocycles. The molecule has 0 bridgehead atoms. The van der Waals surface area contributed by atoms with Crippen molar-refractivity contribution in [2.24, 2.45) is 0 Å². The maximum Gasteiger partial charge on any atom is 0.186 e. The number of benzene rings is 1. The van der Waals surface area contributed by atoms with Crippen LogP contribution in [0, 0.1) is 0 Å². The molecule has 3 nitrogen and oxygen atoms in total. The lowest BCUT2D eigenvalue weighted by molar-refractivity contribution is 0.0571. The average molecular weight is 313 g/mol. The monoisotopic (exact) mass is 312 g/mol. The largest absolute Gasteiger partial charge is 0.374 e.